The van der Waals surface area contributed by atoms with E-state index in [4.69, 9.17) is 4.74 Å². The van der Waals surface area contributed by atoms with Crippen LogP contribution in [-0.2, 0) is 5.75 Å². The molecule has 5 nitrogen and oxygen atoms in total. The molecule has 2 N–H and O–H groups in total. The molecular weight excluding hydrogens is 396 g/mol. The van der Waals surface area contributed by atoms with Crippen molar-refractivity contribution in [2.75, 3.05) is 7.11 Å². The van der Waals surface area contributed by atoms with Crippen LogP contribution >= 0.6 is 11.8 Å². The first-order valence-corrected chi connectivity index (χ1v) is 10.4. The maximum absolute atomic E-state index is 12.3. The first-order valence-electron chi connectivity index (χ1n) is 9.38. The Balaban J connectivity index is 1.49. The molecule has 0 aliphatic heterocycles. The highest BCUT2D eigenvalue weighted by molar-refractivity contribution is 7.98. The molecule has 0 saturated heterocycles. The fourth-order valence-electron chi connectivity index (χ4n) is 3.05. The second-order valence-electron chi connectivity index (χ2n) is 6.66. The molecule has 0 aliphatic carbocycles. The topological polar surface area (TPSA) is 75.2 Å². The van der Waals surface area contributed by atoms with Gasteiger partial charge in [-0.1, -0.05) is 36.0 Å². The molecule has 30 heavy (non-hydrogen) atoms. The molecular formula is C24H20N2O3S. The number of aromatic amines is 1. The Morgan fingerprint density at radius 2 is 1.93 bits per heavy atom. The van der Waals surface area contributed by atoms with Crippen LogP contribution in [0.15, 0.2) is 78.0 Å². The number of imidazole rings is 1. The van der Waals surface area contributed by atoms with Crippen LogP contribution in [0.2, 0.25) is 0 Å². The normalized spacial score (nSPS) is 11.2. The van der Waals surface area contributed by atoms with Crippen molar-refractivity contribution in [3.8, 4) is 11.5 Å². The van der Waals surface area contributed by atoms with Crippen molar-refractivity contribution in [2.45, 2.75) is 10.9 Å². The average molecular weight is 417 g/mol. The van der Waals surface area contributed by atoms with Crippen molar-refractivity contribution in [3.63, 3.8) is 0 Å². The maximum Gasteiger partial charge on any atom is 0.185 e. The summed E-state index contributed by atoms with van der Waals surface area (Å²) in [5.41, 5.74) is 4.40. The number of carbonyl (C=O) groups is 1. The third-order valence-corrected chi connectivity index (χ3v) is 5.54. The number of hydrogen-bond acceptors (Lipinski definition) is 5. The number of phenolic OH excluding ortho intramolecular Hbond substituents is 1. The Kier molecular flexibility index (Phi) is 5.86. The highest BCUT2D eigenvalue weighted by Gasteiger charge is 2.08. The van der Waals surface area contributed by atoms with Gasteiger partial charge in [0.15, 0.2) is 10.9 Å². The van der Waals surface area contributed by atoms with Crippen LogP contribution in [0.4, 0.5) is 0 Å². The Morgan fingerprint density at radius 3 is 2.70 bits per heavy atom. The summed E-state index contributed by atoms with van der Waals surface area (Å²) in [6, 6.07) is 20.0. The summed E-state index contributed by atoms with van der Waals surface area (Å²) in [5.74, 6) is 1.48. The molecule has 0 radical (unpaired) electrons. The van der Waals surface area contributed by atoms with E-state index in [2.05, 4.69) is 9.97 Å². The highest BCUT2D eigenvalue weighted by atomic mass is 32.2. The summed E-state index contributed by atoms with van der Waals surface area (Å²) in [6.07, 6.45) is 3.31. The van der Waals surface area contributed by atoms with Gasteiger partial charge in [0.1, 0.15) is 11.5 Å². The van der Waals surface area contributed by atoms with Gasteiger partial charge >= 0.3 is 0 Å². The van der Waals surface area contributed by atoms with Crippen LogP contribution in [0.5, 0.6) is 11.5 Å². The number of rotatable bonds is 7. The maximum atomic E-state index is 12.3. The van der Waals surface area contributed by atoms with E-state index in [0.29, 0.717) is 11.3 Å². The number of aromatic hydroxyl groups is 1. The number of benzene rings is 3. The molecule has 0 fully saturated rings. The largest absolute Gasteiger partial charge is 0.508 e. The zero-order chi connectivity index (χ0) is 20.9. The minimum atomic E-state index is -0.121. The van der Waals surface area contributed by atoms with Gasteiger partial charge in [-0.25, -0.2) is 4.98 Å². The Morgan fingerprint density at radius 1 is 1.13 bits per heavy atom. The van der Waals surface area contributed by atoms with E-state index in [9.17, 15) is 9.90 Å². The van der Waals surface area contributed by atoms with Gasteiger partial charge in [-0.2, -0.15) is 0 Å². The van der Waals surface area contributed by atoms with E-state index in [0.717, 1.165) is 33.1 Å². The van der Waals surface area contributed by atoms with Crippen LogP contribution in [-0.4, -0.2) is 28.0 Å². The first-order chi connectivity index (χ1) is 14.6. The van der Waals surface area contributed by atoms with Crippen molar-refractivity contribution in [3.05, 3.63) is 89.5 Å². The lowest BCUT2D eigenvalue weighted by Crippen LogP contribution is -1.94. The van der Waals surface area contributed by atoms with E-state index in [1.165, 1.54) is 18.2 Å². The first kappa shape index (κ1) is 19.8. The number of hydrogen-bond donors (Lipinski definition) is 2. The lowest BCUT2D eigenvalue weighted by atomic mass is 10.1. The number of H-pyrrole nitrogens is 1. The number of nitrogens with zero attached hydrogens (tertiary/aromatic N) is 1. The lowest BCUT2D eigenvalue weighted by Gasteiger charge is -2.08. The van der Waals surface area contributed by atoms with Gasteiger partial charge in [0.2, 0.25) is 0 Å². The number of allylic oxidation sites excluding steroid dienone is 1. The summed E-state index contributed by atoms with van der Waals surface area (Å²) < 4.78 is 5.50. The van der Waals surface area contributed by atoms with Crippen molar-refractivity contribution in [1.82, 2.24) is 9.97 Å². The van der Waals surface area contributed by atoms with Gasteiger partial charge in [-0.05, 0) is 60.2 Å². The third kappa shape index (κ3) is 4.55. The van der Waals surface area contributed by atoms with Gasteiger partial charge in [0, 0.05) is 16.9 Å². The van der Waals surface area contributed by atoms with Gasteiger partial charge in [-0.3, -0.25) is 4.79 Å². The van der Waals surface area contributed by atoms with E-state index in [1.54, 1.807) is 37.1 Å². The Hall–Kier alpha value is -3.51. The summed E-state index contributed by atoms with van der Waals surface area (Å²) >= 11 is 1.60. The van der Waals surface area contributed by atoms with Crippen LogP contribution in [0.1, 0.15) is 21.5 Å². The average Bonchev–Trinajstić information content (AvgIpc) is 3.19. The molecule has 0 saturated carbocycles. The predicted molar refractivity (Wildman–Crippen MR) is 120 cm³/mol. The van der Waals surface area contributed by atoms with Gasteiger partial charge in [-0.15, -0.1) is 0 Å². The zero-order valence-corrected chi connectivity index (χ0v) is 17.1. The summed E-state index contributed by atoms with van der Waals surface area (Å²) in [7, 11) is 1.65. The standard InChI is InChI=1S/C24H20N2O3S/c1-29-23-13-7-16(6-12-22(28)17-8-10-19(27)11-9-17)14-18(23)15-30-24-25-20-4-2-3-5-21(20)26-24/h2-14,27H,15H2,1H3,(H,25,26). The number of para-hydroxylation sites is 2. The van der Waals surface area contributed by atoms with E-state index in [-0.39, 0.29) is 11.5 Å². The van der Waals surface area contributed by atoms with Gasteiger partial charge in [0.05, 0.1) is 18.1 Å². The highest BCUT2D eigenvalue weighted by Crippen LogP contribution is 2.29. The molecule has 0 atom stereocenters. The number of thioether (sulfide) groups is 1. The van der Waals surface area contributed by atoms with Crippen LogP contribution in [0.25, 0.3) is 17.1 Å². The molecule has 0 bridgehead atoms. The van der Waals surface area contributed by atoms with Gasteiger partial charge < -0.3 is 14.8 Å². The van der Waals surface area contributed by atoms with Crippen molar-refractivity contribution in [2.24, 2.45) is 0 Å². The second kappa shape index (κ2) is 8.88. The molecule has 1 aromatic heterocycles. The Labute approximate surface area is 178 Å². The zero-order valence-electron chi connectivity index (χ0n) is 16.3. The lowest BCUT2D eigenvalue weighted by molar-refractivity contribution is 0.104. The van der Waals surface area contributed by atoms with Crippen LogP contribution < -0.4 is 4.74 Å². The quantitative estimate of drug-likeness (QED) is 0.237. The second-order valence-corrected chi connectivity index (χ2v) is 7.63. The fraction of sp³-hybridized carbons (Fsp3) is 0.0833. The van der Waals surface area contributed by atoms with Crippen LogP contribution in [0, 0.1) is 0 Å². The van der Waals surface area contributed by atoms with E-state index >= 15 is 0 Å². The number of nitrogens with one attached hydrogen (secondary N) is 1. The molecule has 6 heteroatoms. The van der Waals surface area contributed by atoms with E-state index in [1.807, 2.05) is 42.5 Å². The Bertz CT molecular complexity index is 1180. The molecule has 1 heterocycles. The monoisotopic (exact) mass is 416 g/mol. The molecule has 0 unspecified atom stereocenters. The molecule has 3 aromatic carbocycles. The molecule has 150 valence electrons. The number of phenols is 1. The molecule has 4 aromatic rings. The fourth-order valence-corrected chi connectivity index (χ4v) is 3.92. The summed E-state index contributed by atoms with van der Waals surface area (Å²) in [6.45, 7) is 0. The number of fused-ring (bicyclic) bond motifs is 1. The number of methoxy groups -OCH3 is 1. The SMILES string of the molecule is COc1ccc(C=CC(=O)c2ccc(O)cc2)cc1CSc1nc2ccccc2[nH]1. The summed E-state index contributed by atoms with van der Waals surface area (Å²) in [5, 5.41) is 10.2. The number of ether oxygens (including phenoxy) is 1. The minimum absolute atomic E-state index is 0.121. The predicted octanol–water partition coefficient (Wildman–Crippen LogP) is 5.47. The molecule has 0 amide bonds. The van der Waals surface area contributed by atoms with Crippen molar-refractivity contribution in [1.29, 1.82) is 0 Å². The van der Waals surface area contributed by atoms with Crippen molar-refractivity contribution >= 4 is 34.7 Å². The molecule has 0 spiro atoms. The number of ketones is 1. The minimum Gasteiger partial charge on any atom is -0.508 e. The van der Waals surface area contributed by atoms with Crippen LogP contribution in [0.3, 0.4) is 0 Å². The van der Waals surface area contributed by atoms with Gasteiger partial charge in [0.25, 0.3) is 0 Å². The molecule has 0 aliphatic rings. The smallest absolute Gasteiger partial charge is 0.185 e. The summed E-state index contributed by atoms with van der Waals surface area (Å²) in [4.78, 5) is 20.2. The third-order valence-electron chi connectivity index (χ3n) is 4.62. The molecule has 4 rings (SSSR count). The number of aromatic nitrogens is 2. The van der Waals surface area contributed by atoms with E-state index < -0.39 is 0 Å². The number of carbonyl (C=O) groups excluding carboxylic acids is 1. The van der Waals surface area contributed by atoms with Crippen molar-refractivity contribution < 1.29 is 14.6 Å².